The van der Waals surface area contributed by atoms with Crippen molar-refractivity contribution in [1.29, 1.82) is 0 Å². The van der Waals surface area contributed by atoms with Crippen LogP contribution in [0.2, 0.25) is 10.0 Å². The van der Waals surface area contributed by atoms with Gasteiger partial charge in [-0.1, -0.05) is 23.2 Å². The molecule has 2 aliphatic heterocycles. The lowest BCUT2D eigenvalue weighted by Crippen LogP contribution is -2.22. The number of nitrogens with zero attached hydrogens (tertiary/aromatic N) is 1. The molecule has 5 heteroatoms. The summed E-state index contributed by atoms with van der Waals surface area (Å²) in [7, 11) is 0. The van der Waals surface area contributed by atoms with Gasteiger partial charge in [0.25, 0.3) is 0 Å². The van der Waals surface area contributed by atoms with Crippen LogP contribution in [0.5, 0.6) is 0 Å². The number of hydrogen-bond acceptors (Lipinski definition) is 2. The highest BCUT2D eigenvalue weighted by Crippen LogP contribution is 2.43. The minimum Gasteiger partial charge on any atom is -0.340 e. The zero-order valence-corrected chi connectivity index (χ0v) is 13.3. The third-order valence-electron chi connectivity index (χ3n) is 4.69. The Bertz CT molecular complexity index is 779. The van der Waals surface area contributed by atoms with Crippen molar-refractivity contribution < 1.29 is 4.79 Å². The highest BCUT2D eigenvalue weighted by molar-refractivity contribution is 6.45. The molecule has 1 unspecified atom stereocenters. The van der Waals surface area contributed by atoms with E-state index in [-0.39, 0.29) is 11.8 Å². The second kappa shape index (κ2) is 4.73. The van der Waals surface area contributed by atoms with Gasteiger partial charge in [-0.3, -0.25) is 4.79 Å². The van der Waals surface area contributed by atoms with Gasteiger partial charge in [0.15, 0.2) is 5.78 Å². The summed E-state index contributed by atoms with van der Waals surface area (Å²) in [4.78, 5) is 12.5. The third-order valence-corrected chi connectivity index (χ3v) is 5.48. The molecule has 4 rings (SSSR count). The molecule has 2 aliphatic rings. The zero-order chi connectivity index (χ0) is 14.7. The molecular weight excluding hydrogens is 307 g/mol. The molecule has 1 aromatic heterocycles. The number of carbonyl (C=O) groups is 1. The lowest BCUT2D eigenvalue weighted by molar-refractivity contribution is 0.0961. The minimum absolute atomic E-state index is 0.110. The molecule has 3 nitrogen and oxygen atoms in total. The van der Waals surface area contributed by atoms with Gasteiger partial charge in [-0.15, -0.1) is 0 Å². The number of fused-ring (bicyclic) bond motifs is 3. The summed E-state index contributed by atoms with van der Waals surface area (Å²) in [6.07, 6.45) is 2.45. The summed E-state index contributed by atoms with van der Waals surface area (Å²) < 4.78 is 2.33. The quantitative estimate of drug-likeness (QED) is 0.800. The van der Waals surface area contributed by atoms with Crippen LogP contribution in [-0.2, 0) is 12.8 Å². The number of benzene rings is 1. The molecule has 1 atom stereocenters. The highest BCUT2D eigenvalue weighted by Gasteiger charge is 2.32. The molecule has 0 spiro atoms. The van der Waals surface area contributed by atoms with Crippen LogP contribution >= 0.6 is 23.2 Å². The van der Waals surface area contributed by atoms with Crippen LogP contribution in [0, 0.1) is 0 Å². The number of Topliss-reactive ketones (excluding diaryl/α,β-unsaturated/α-hetero) is 1. The number of nitrogens with one attached hydrogen (secondary N) is 1. The summed E-state index contributed by atoms with van der Waals surface area (Å²) in [6, 6.07) is 2.13. The van der Waals surface area contributed by atoms with Crippen molar-refractivity contribution in [2.45, 2.75) is 32.2 Å². The molecule has 0 radical (unpaired) electrons. The van der Waals surface area contributed by atoms with E-state index in [1.54, 1.807) is 0 Å². The highest BCUT2D eigenvalue weighted by atomic mass is 35.5. The van der Waals surface area contributed by atoms with Crippen molar-refractivity contribution in [3.05, 3.63) is 32.9 Å². The van der Waals surface area contributed by atoms with Gasteiger partial charge in [-0.2, -0.15) is 0 Å². The molecule has 1 aromatic carbocycles. The summed E-state index contributed by atoms with van der Waals surface area (Å²) >= 11 is 12.6. The van der Waals surface area contributed by atoms with Crippen LogP contribution < -0.4 is 5.32 Å². The van der Waals surface area contributed by atoms with E-state index in [9.17, 15) is 4.79 Å². The maximum absolute atomic E-state index is 12.5. The Balaban J connectivity index is 2.18. The van der Waals surface area contributed by atoms with Gasteiger partial charge in [0, 0.05) is 36.5 Å². The van der Waals surface area contributed by atoms with Crippen molar-refractivity contribution in [3.63, 3.8) is 0 Å². The van der Waals surface area contributed by atoms with Crippen LogP contribution in [0.1, 0.15) is 41.0 Å². The molecule has 0 saturated carbocycles. The van der Waals surface area contributed by atoms with Gasteiger partial charge < -0.3 is 9.88 Å². The molecule has 0 saturated heterocycles. The van der Waals surface area contributed by atoms with Crippen molar-refractivity contribution in [1.82, 2.24) is 9.88 Å². The number of halogens is 2. The lowest BCUT2D eigenvalue weighted by atomic mass is 9.97. The molecule has 2 aromatic rings. The predicted octanol–water partition coefficient (Wildman–Crippen LogP) is 3.78. The fraction of sp³-hybridized carbons (Fsp3) is 0.438. The first-order valence-corrected chi connectivity index (χ1v) is 8.12. The Hall–Kier alpha value is -1.03. The summed E-state index contributed by atoms with van der Waals surface area (Å²) in [5, 5.41) is 5.44. The molecule has 0 amide bonds. The van der Waals surface area contributed by atoms with E-state index in [1.165, 1.54) is 11.3 Å². The third kappa shape index (κ3) is 1.81. The van der Waals surface area contributed by atoms with E-state index in [0.717, 1.165) is 36.8 Å². The monoisotopic (exact) mass is 322 g/mol. The van der Waals surface area contributed by atoms with Crippen molar-refractivity contribution in [2.75, 3.05) is 13.1 Å². The summed E-state index contributed by atoms with van der Waals surface area (Å²) in [5.74, 6) is 0.110. The van der Waals surface area contributed by atoms with E-state index in [0.29, 0.717) is 22.0 Å². The topological polar surface area (TPSA) is 34.0 Å². The largest absolute Gasteiger partial charge is 0.340 e. The maximum atomic E-state index is 12.5. The van der Waals surface area contributed by atoms with E-state index in [1.807, 2.05) is 6.07 Å². The Morgan fingerprint density at radius 3 is 2.86 bits per heavy atom. The van der Waals surface area contributed by atoms with Gasteiger partial charge in [0.05, 0.1) is 21.1 Å². The fourth-order valence-corrected chi connectivity index (χ4v) is 4.28. The molecule has 21 heavy (non-hydrogen) atoms. The van der Waals surface area contributed by atoms with Crippen LogP contribution in [0.15, 0.2) is 6.07 Å². The Labute approximate surface area is 133 Å². The van der Waals surface area contributed by atoms with Crippen molar-refractivity contribution in [2.24, 2.45) is 0 Å². The van der Waals surface area contributed by atoms with Gasteiger partial charge in [0.1, 0.15) is 0 Å². The maximum Gasteiger partial charge on any atom is 0.168 e. The van der Waals surface area contributed by atoms with Gasteiger partial charge in [-0.25, -0.2) is 0 Å². The first-order chi connectivity index (χ1) is 10.1. The minimum atomic E-state index is 0.110. The predicted molar refractivity (Wildman–Crippen MR) is 85.9 cm³/mol. The summed E-state index contributed by atoms with van der Waals surface area (Å²) in [6.45, 7) is 4.05. The Morgan fingerprint density at radius 1 is 1.29 bits per heavy atom. The second-order valence-electron chi connectivity index (χ2n) is 5.97. The second-order valence-corrected chi connectivity index (χ2v) is 6.75. The number of hydrogen-bond donors (Lipinski definition) is 1. The van der Waals surface area contributed by atoms with Crippen LogP contribution in [0.3, 0.4) is 0 Å². The molecule has 0 fully saturated rings. The van der Waals surface area contributed by atoms with E-state index in [2.05, 4.69) is 16.8 Å². The van der Waals surface area contributed by atoms with Gasteiger partial charge in [0.2, 0.25) is 0 Å². The van der Waals surface area contributed by atoms with Crippen molar-refractivity contribution >= 4 is 39.9 Å². The normalized spacial score (nSPS) is 21.5. The Kier molecular flexibility index (Phi) is 3.07. The van der Waals surface area contributed by atoms with Gasteiger partial charge in [-0.05, 0) is 31.5 Å². The SMILES string of the molecule is CC1CC(=O)c2c(Cl)c(Cl)cc3c4c(n1c23)CCNCC4. The molecular formula is C16H16Cl2N2O. The van der Waals surface area contributed by atoms with Crippen molar-refractivity contribution in [3.8, 4) is 0 Å². The molecule has 1 N–H and O–H groups in total. The average molecular weight is 323 g/mol. The van der Waals surface area contributed by atoms with Gasteiger partial charge >= 0.3 is 0 Å². The smallest absolute Gasteiger partial charge is 0.168 e. The first kappa shape index (κ1) is 13.6. The van der Waals surface area contributed by atoms with E-state index < -0.39 is 0 Å². The number of ketones is 1. The zero-order valence-electron chi connectivity index (χ0n) is 11.8. The van der Waals surface area contributed by atoms with Crippen LogP contribution in [-0.4, -0.2) is 23.4 Å². The molecule has 3 heterocycles. The standard InChI is InChI=1S/C16H16Cl2N2O/c1-8-6-13(21)14-15(18)11(17)7-10-9-2-4-19-5-3-12(9)20(8)16(10)14/h7-8,19H,2-6H2,1H3. The van der Waals surface area contributed by atoms with Crippen LogP contribution in [0.25, 0.3) is 10.9 Å². The van der Waals surface area contributed by atoms with E-state index in [4.69, 9.17) is 23.2 Å². The lowest BCUT2D eigenvalue weighted by Gasteiger charge is -2.25. The number of aromatic nitrogens is 1. The first-order valence-electron chi connectivity index (χ1n) is 7.37. The molecule has 0 aliphatic carbocycles. The fourth-order valence-electron chi connectivity index (χ4n) is 3.83. The molecule has 0 bridgehead atoms. The molecule has 110 valence electrons. The summed E-state index contributed by atoms with van der Waals surface area (Å²) in [5.41, 5.74) is 4.30. The average Bonchev–Trinajstić information content (AvgIpc) is 2.61. The van der Waals surface area contributed by atoms with Crippen LogP contribution in [0.4, 0.5) is 0 Å². The Morgan fingerprint density at radius 2 is 2.05 bits per heavy atom. The number of rotatable bonds is 0. The van der Waals surface area contributed by atoms with E-state index >= 15 is 0 Å². The number of carbonyl (C=O) groups excluding carboxylic acids is 1.